The number of nitrogens with one attached hydrogen (secondary N) is 2. The van der Waals surface area contributed by atoms with Gasteiger partial charge in [0.25, 0.3) is 0 Å². The second kappa shape index (κ2) is 10.2. The van der Waals surface area contributed by atoms with Gasteiger partial charge in [-0.3, -0.25) is 0 Å². The maximum absolute atomic E-state index is 10.4. The molecule has 1 atom stereocenters. The number of hydrogen-bond acceptors (Lipinski definition) is 6. The van der Waals surface area contributed by atoms with E-state index in [4.69, 9.17) is 9.26 Å². The third kappa shape index (κ3) is 4.66. The second-order valence-electron chi connectivity index (χ2n) is 7.42. The normalized spacial score (nSPS) is 12.2. The van der Waals surface area contributed by atoms with E-state index in [0.717, 1.165) is 40.0 Å². The van der Waals surface area contributed by atoms with Crippen LogP contribution in [0.4, 0.5) is 0 Å². The minimum atomic E-state index is -0.616. The average molecular weight is 470 g/mol. The number of fused-ring (bicyclic) bond motifs is 2. The van der Waals surface area contributed by atoms with E-state index in [9.17, 15) is 5.11 Å². The highest BCUT2D eigenvalue weighted by Gasteiger charge is 2.16. The van der Waals surface area contributed by atoms with Crippen molar-refractivity contribution in [3.8, 4) is 17.0 Å². The molecular weight excluding hydrogens is 446 g/mol. The smallest absolute Gasteiger partial charge is 0.178 e. The van der Waals surface area contributed by atoms with E-state index in [1.807, 2.05) is 41.8 Å². The van der Waals surface area contributed by atoms with Gasteiger partial charge in [0.2, 0.25) is 0 Å². The van der Waals surface area contributed by atoms with Crippen molar-refractivity contribution in [2.75, 3.05) is 19.7 Å². The van der Waals surface area contributed by atoms with Gasteiger partial charge in [0, 0.05) is 29.2 Å². The first-order valence-electron chi connectivity index (χ1n) is 10.3. The molecule has 3 aromatic heterocycles. The Kier molecular flexibility index (Phi) is 7.12. The first kappa shape index (κ1) is 22.4. The summed E-state index contributed by atoms with van der Waals surface area (Å²) < 4.78 is 12.3. The molecule has 0 bridgehead atoms. The van der Waals surface area contributed by atoms with Crippen LogP contribution in [0.5, 0.6) is 5.75 Å². The van der Waals surface area contributed by atoms with Gasteiger partial charge in [-0.05, 0) is 48.2 Å². The Morgan fingerprint density at radius 3 is 2.91 bits per heavy atom. The van der Waals surface area contributed by atoms with Crippen molar-refractivity contribution in [1.82, 2.24) is 15.5 Å². The summed E-state index contributed by atoms with van der Waals surface area (Å²) in [7, 11) is 0. The number of halogens is 1. The molecule has 5 aromatic rings. The molecule has 0 spiro atoms. The molecule has 2 aromatic carbocycles. The molecule has 0 saturated heterocycles. The number of thiophene rings is 1. The molecule has 0 fully saturated rings. The van der Waals surface area contributed by atoms with Crippen LogP contribution in [0.15, 0.2) is 70.7 Å². The fourth-order valence-electron chi connectivity index (χ4n) is 3.71. The molecule has 32 heavy (non-hydrogen) atoms. The molecule has 0 saturated carbocycles. The van der Waals surface area contributed by atoms with Gasteiger partial charge in [-0.15, -0.1) is 23.7 Å². The number of aliphatic hydroxyl groups is 1. The average Bonchev–Trinajstić information content (AvgIpc) is 3.52. The molecule has 0 aliphatic rings. The van der Waals surface area contributed by atoms with Crippen molar-refractivity contribution < 1.29 is 14.4 Å². The number of aromatic amines is 1. The molecule has 0 aliphatic carbocycles. The molecule has 8 heteroatoms. The van der Waals surface area contributed by atoms with Crippen LogP contribution in [-0.2, 0) is 6.42 Å². The third-order valence-corrected chi connectivity index (χ3v) is 6.18. The van der Waals surface area contributed by atoms with Crippen LogP contribution in [0.1, 0.15) is 5.56 Å². The highest BCUT2D eigenvalue weighted by Crippen LogP contribution is 2.36. The van der Waals surface area contributed by atoms with Gasteiger partial charge in [0.15, 0.2) is 5.58 Å². The Balaban J connectivity index is 0.00000245. The van der Waals surface area contributed by atoms with E-state index in [-0.39, 0.29) is 19.0 Å². The van der Waals surface area contributed by atoms with Crippen molar-refractivity contribution in [2.24, 2.45) is 0 Å². The van der Waals surface area contributed by atoms with Gasteiger partial charge >= 0.3 is 0 Å². The minimum absolute atomic E-state index is 0. The van der Waals surface area contributed by atoms with E-state index in [0.29, 0.717) is 12.3 Å². The Hall–Kier alpha value is -2.84. The Bertz CT molecular complexity index is 1300. The van der Waals surface area contributed by atoms with E-state index in [1.165, 1.54) is 10.9 Å². The Labute approximate surface area is 195 Å². The first-order valence-corrected chi connectivity index (χ1v) is 11.2. The summed E-state index contributed by atoms with van der Waals surface area (Å²) in [4.78, 5) is 3.29. The summed E-state index contributed by atoms with van der Waals surface area (Å²) in [6.45, 7) is 1.44. The van der Waals surface area contributed by atoms with Crippen molar-refractivity contribution in [3.63, 3.8) is 0 Å². The van der Waals surface area contributed by atoms with Gasteiger partial charge in [0.05, 0.1) is 0 Å². The molecular formula is C24H24ClN3O3S. The van der Waals surface area contributed by atoms with Crippen LogP contribution in [0.2, 0.25) is 0 Å². The lowest BCUT2D eigenvalue weighted by molar-refractivity contribution is 0.107. The molecule has 3 N–H and O–H groups in total. The number of H-pyrrole nitrogens is 1. The van der Waals surface area contributed by atoms with Crippen molar-refractivity contribution in [3.05, 3.63) is 71.7 Å². The maximum atomic E-state index is 10.4. The predicted molar refractivity (Wildman–Crippen MR) is 131 cm³/mol. The number of hydrogen-bond donors (Lipinski definition) is 3. The SMILES string of the molecule is Cl.OC(CNCCc1c[nH]c2ccccc12)COc1ccccc1-c1noc2ccsc12. The highest BCUT2D eigenvalue weighted by molar-refractivity contribution is 7.17. The number of nitrogens with zero attached hydrogens (tertiary/aromatic N) is 1. The van der Waals surface area contributed by atoms with Gasteiger partial charge in [-0.2, -0.15) is 0 Å². The lowest BCUT2D eigenvalue weighted by atomic mass is 10.1. The number of aliphatic hydroxyl groups excluding tert-OH is 1. The molecule has 166 valence electrons. The third-order valence-electron chi connectivity index (χ3n) is 5.28. The van der Waals surface area contributed by atoms with Crippen molar-refractivity contribution >= 4 is 44.9 Å². The summed E-state index contributed by atoms with van der Waals surface area (Å²) in [5, 5.41) is 21.1. The fraction of sp³-hybridized carbons (Fsp3) is 0.208. The number of rotatable bonds is 9. The molecule has 0 aliphatic heterocycles. The van der Waals surface area contributed by atoms with Crippen LogP contribution in [0, 0.1) is 0 Å². The summed E-state index contributed by atoms with van der Waals surface area (Å²) in [6.07, 6.45) is 2.33. The van der Waals surface area contributed by atoms with Crippen LogP contribution in [-0.4, -0.2) is 41.0 Å². The van der Waals surface area contributed by atoms with Crippen molar-refractivity contribution in [1.29, 1.82) is 0 Å². The van der Waals surface area contributed by atoms with Gasteiger partial charge < -0.3 is 24.7 Å². The zero-order valence-electron chi connectivity index (χ0n) is 17.3. The molecule has 0 amide bonds. The highest BCUT2D eigenvalue weighted by atomic mass is 35.5. The lowest BCUT2D eigenvalue weighted by Gasteiger charge is -2.15. The summed E-state index contributed by atoms with van der Waals surface area (Å²) in [5.74, 6) is 0.684. The zero-order valence-corrected chi connectivity index (χ0v) is 18.9. The largest absolute Gasteiger partial charge is 0.490 e. The number of aromatic nitrogens is 2. The van der Waals surface area contributed by atoms with Gasteiger partial charge in [-0.25, -0.2) is 0 Å². The van der Waals surface area contributed by atoms with Gasteiger partial charge in [-0.1, -0.05) is 35.5 Å². The van der Waals surface area contributed by atoms with Crippen molar-refractivity contribution in [2.45, 2.75) is 12.5 Å². The van der Waals surface area contributed by atoms with Crippen LogP contribution >= 0.6 is 23.7 Å². The Morgan fingerprint density at radius 2 is 1.97 bits per heavy atom. The summed E-state index contributed by atoms with van der Waals surface area (Å²) in [5.41, 5.74) is 4.83. The quantitative estimate of drug-likeness (QED) is 0.264. The number of benzene rings is 2. The summed E-state index contributed by atoms with van der Waals surface area (Å²) in [6, 6.07) is 17.9. The van der Waals surface area contributed by atoms with E-state index >= 15 is 0 Å². The second-order valence-corrected chi connectivity index (χ2v) is 8.34. The molecule has 5 rings (SSSR count). The topological polar surface area (TPSA) is 83.3 Å². The van der Waals surface area contributed by atoms with Crippen LogP contribution in [0.3, 0.4) is 0 Å². The molecule has 3 heterocycles. The van der Waals surface area contributed by atoms with Crippen LogP contribution in [0.25, 0.3) is 32.4 Å². The number of para-hydroxylation sites is 2. The minimum Gasteiger partial charge on any atom is -0.490 e. The lowest BCUT2D eigenvalue weighted by Crippen LogP contribution is -2.32. The molecule has 6 nitrogen and oxygen atoms in total. The first-order chi connectivity index (χ1) is 15.3. The predicted octanol–water partition coefficient (Wildman–Crippen LogP) is 5.03. The zero-order chi connectivity index (χ0) is 21.0. The molecule has 0 radical (unpaired) electrons. The van der Waals surface area contributed by atoms with E-state index in [1.54, 1.807) is 11.3 Å². The van der Waals surface area contributed by atoms with E-state index < -0.39 is 6.10 Å². The maximum Gasteiger partial charge on any atom is 0.178 e. The summed E-state index contributed by atoms with van der Waals surface area (Å²) >= 11 is 1.59. The fourth-order valence-corrected chi connectivity index (χ4v) is 4.52. The monoisotopic (exact) mass is 469 g/mol. The van der Waals surface area contributed by atoms with E-state index in [2.05, 4.69) is 39.9 Å². The Morgan fingerprint density at radius 1 is 1.12 bits per heavy atom. The number of ether oxygens (including phenoxy) is 1. The van der Waals surface area contributed by atoms with Gasteiger partial charge in [0.1, 0.15) is 28.9 Å². The standard InChI is InChI=1S/C24H23N3O3S.ClH/c28-17(14-25-11-9-16-13-26-20-7-3-1-5-18(16)20)15-29-21-8-4-2-6-19(21)23-24-22(30-27-23)10-12-31-24;/h1-8,10,12-13,17,25-26,28H,9,11,14-15H2;1H. The van der Waals surface area contributed by atoms with Crippen LogP contribution < -0.4 is 10.1 Å². The molecule has 1 unspecified atom stereocenters.